The highest BCUT2D eigenvalue weighted by Gasteiger charge is 2.65. The normalized spacial score (nSPS) is 36.1. The highest BCUT2D eigenvalue weighted by atomic mass is 19.4. The van der Waals surface area contributed by atoms with Crippen molar-refractivity contribution in [2.45, 2.75) is 18.3 Å². The molecule has 0 aromatic carbocycles. The fourth-order valence-electron chi connectivity index (χ4n) is 2.30. The third-order valence-electron chi connectivity index (χ3n) is 3.16. The molecule has 4 nitrogen and oxygen atoms in total. The number of likely N-dealkylation sites (tertiary alicyclic amines) is 1. The lowest BCUT2D eigenvalue weighted by Crippen LogP contribution is -2.61. The van der Waals surface area contributed by atoms with Gasteiger partial charge in [0, 0.05) is 20.1 Å². The van der Waals surface area contributed by atoms with Crippen molar-refractivity contribution in [3.8, 4) is 0 Å². The third-order valence-corrected chi connectivity index (χ3v) is 3.16. The molecule has 0 aromatic heterocycles. The van der Waals surface area contributed by atoms with Crippen molar-refractivity contribution < 1.29 is 22.7 Å². The quantitative estimate of drug-likeness (QED) is 0.716. The van der Waals surface area contributed by atoms with Crippen LogP contribution in [0.15, 0.2) is 0 Å². The second kappa shape index (κ2) is 3.59. The van der Waals surface area contributed by atoms with Crippen LogP contribution in [0, 0.1) is 5.92 Å². The van der Waals surface area contributed by atoms with E-state index in [0.717, 1.165) is 0 Å². The van der Waals surface area contributed by atoms with Crippen LogP contribution in [-0.4, -0.2) is 49.5 Å². The average Bonchev–Trinajstić information content (AvgIpc) is 2.75. The van der Waals surface area contributed by atoms with Gasteiger partial charge in [-0.2, -0.15) is 13.2 Å². The first-order chi connectivity index (χ1) is 7.38. The highest BCUT2D eigenvalue weighted by molar-refractivity contribution is 5.82. The molecule has 7 heteroatoms. The number of hydrogen-bond acceptors (Lipinski definition) is 3. The fraction of sp³-hybridized carbons (Fsp3) is 0.889. The van der Waals surface area contributed by atoms with Gasteiger partial charge in [-0.3, -0.25) is 10.1 Å². The van der Waals surface area contributed by atoms with Gasteiger partial charge in [-0.25, -0.2) is 0 Å². The van der Waals surface area contributed by atoms with Crippen molar-refractivity contribution in [1.29, 1.82) is 0 Å². The fourth-order valence-corrected chi connectivity index (χ4v) is 2.30. The summed E-state index contributed by atoms with van der Waals surface area (Å²) in [6.07, 6.45) is -4.41. The Morgan fingerprint density at radius 3 is 2.62 bits per heavy atom. The third kappa shape index (κ3) is 1.49. The van der Waals surface area contributed by atoms with Crippen LogP contribution in [0.1, 0.15) is 6.42 Å². The zero-order chi connectivity index (χ0) is 12.0. The van der Waals surface area contributed by atoms with Gasteiger partial charge in [-0.05, 0) is 6.42 Å². The predicted molar refractivity (Wildman–Crippen MR) is 48.5 cm³/mol. The second-order valence-electron chi connectivity index (χ2n) is 4.11. The molecule has 0 aromatic rings. The summed E-state index contributed by atoms with van der Waals surface area (Å²) in [4.78, 5) is 13.0. The number of amides is 1. The highest BCUT2D eigenvalue weighted by Crippen LogP contribution is 2.43. The Morgan fingerprint density at radius 2 is 2.25 bits per heavy atom. The molecule has 2 atom stereocenters. The smallest absolute Gasteiger partial charge is 0.350 e. The predicted octanol–water partition coefficient (Wildman–Crippen LogP) is 0.343. The number of nitrogens with one attached hydrogen (secondary N) is 1. The van der Waals surface area contributed by atoms with Crippen LogP contribution < -0.4 is 5.32 Å². The molecule has 0 bridgehead atoms. The Kier molecular flexibility index (Phi) is 2.62. The molecule has 0 saturated carbocycles. The van der Waals surface area contributed by atoms with Crippen molar-refractivity contribution in [1.82, 2.24) is 10.2 Å². The molecule has 2 heterocycles. The Morgan fingerprint density at radius 1 is 1.56 bits per heavy atom. The summed E-state index contributed by atoms with van der Waals surface area (Å²) in [7, 11) is 1.50. The van der Waals surface area contributed by atoms with E-state index in [0.29, 0.717) is 6.54 Å². The maximum Gasteiger partial charge on any atom is 0.432 e. The maximum atomic E-state index is 13.0. The molecule has 1 amide bonds. The molecule has 1 N–H and O–H groups in total. The van der Waals surface area contributed by atoms with Gasteiger partial charge >= 0.3 is 6.18 Å². The number of halogens is 3. The van der Waals surface area contributed by atoms with Crippen LogP contribution in [-0.2, 0) is 9.53 Å². The molecule has 2 rings (SSSR count). The molecular weight excluding hydrogens is 225 g/mol. The van der Waals surface area contributed by atoms with Gasteiger partial charge in [0.05, 0.1) is 12.5 Å². The molecule has 2 saturated heterocycles. The Balaban J connectivity index is 2.30. The average molecular weight is 238 g/mol. The first kappa shape index (κ1) is 11.7. The molecule has 2 unspecified atom stereocenters. The summed E-state index contributed by atoms with van der Waals surface area (Å²) in [5, 5.41) is 2.31. The standard InChI is InChI=1S/C9H13F3N2O2/c1-14-4-2-6(7(14)15)8(9(10,11)12)13-3-5-16-8/h6,13H,2-5H2,1H3. The van der Waals surface area contributed by atoms with Gasteiger partial charge in [0.2, 0.25) is 11.6 Å². The molecule has 2 aliphatic heterocycles. The zero-order valence-electron chi connectivity index (χ0n) is 8.80. The van der Waals surface area contributed by atoms with E-state index in [2.05, 4.69) is 5.32 Å². The van der Waals surface area contributed by atoms with Crippen molar-refractivity contribution >= 4 is 5.91 Å². The van der Waals surface area contributed by atoms with Crippen LogP contribution in [0.5, 0.6) is 0 Å². The summed E-state index contributed by atoms with van der Waals surface area (Å²) in [6.45, 7) is 0.437. The summed E-state index contributed by atoms with van der Waals surface area (Å²) in [5.74, 6) is -1.67. The molecule has 2 aliphatic rings. The molecule has 0 aliphatic carbocycles. The lowest BCUT2D eigenvalue weighted by Gasteiger charge is -2.34. The molecular formula is C9H13F3N2O2. The summed E-state index contributed by atoms with van der Waals surface area (Å²) < 4.78 is 43.9. The van der Waals surface area contributed by atoms with Crippen LogP contribution in [0.4, 0.5) is 13.2 Å². The van der Waals surface area contributed by atoms with Crippen LogP contribution >= 0.6 is 0 Å². The first-order valence-electron chi connectivity index (χ1n) is 5.09. The number of carbonyl (C=O) groups is 1. The number of carbonyl (C=O) groups excluding carboxylic acids is 1. The van der Waals surface area contributed by atoms with Gasteiger partial charge in [0.1, 0.15) is 0 Å². The maximum absolute atomic E-state index is 13.0. The van der Waals surface area contributed by atoms with E-state index in [1.54, 1.807) is 0 Å². The van der Waals surface area contributed by atoms with E-state index < -0.39 is 23.7 Å². The molecule has 0 spiro atoms. The number of rotatable bonds is 1. The van der Waals surface area contributed by atoms with E-state index in [-0.39, 0.29) is 19.6 Å². The minimum Gasteiger partial charge on any atom is -0.350 e. The van der Waals surface area contributed by atoms with E-state index in [1.165, 1.54) is 11.9 Å². The van der Waals surface area contributed by atoms with E-state index >= 15 is 0 Å². The van der Waals surface area contributed by atoms with Crippen molar-refractivity contribution in [2.75, 3.05) is 26.7 Å². The summed E-state index contributed by atoms with van der Waals surface area (Å²) >= 11 is 0. The van der Waals surface area contributed by atoms with Gasteiger partial charge in [0.15, 0.2) is 0 Å². The minimum atomic E-state index is -4.57. The largest absolute Gasteiger partial charge is 0.432 e. The summed E-state index contributed by atoms with van der Waals surface area (Å²) in [6, 6.07) is 0. The lowest BCUT2D eigenvalue weighted by molar-refractivity contribution is -0.286. The minimum absolute atomic E-state index is 0.0208. The van der Waals surface area contributed by atoms with Gasteiger partial charge in [0.25, 0.3) is 0 Å². The van der Waals surface area contributed by atoms with Gasteiger partial charge < -0.3 is 9.64 Å². The molecule has 92 valence electrons. The number of hydrogen-bond donors (Lipinski definition) is 1. The van der Waals surface area contributed by atoms with Crippen molar-refractivity contribution in [2.24, 2.45) is 5.92 Å². The van der Waals surface area contributed by atoms with Crippen LogP contribution in [0.2, 0.25) is 0 Å². The lowest BCUT2D eigenvalue weighted by atomic mass is 9.93. The van der Waals surface area contributed by atoms with Crippen LogP contribution in [0.25, 0.3) is 0 Å². The van der Waals surface area contributed by atoms with E-state index in [4.69, 9.17) is 4.74 Å². The molecule has 16 heavy (non-hydrogen) atoms. The second-order valence-corrected chi connectivity index (χ2v) is 4.11. The van der Waals surface area contributed by atoms with Crippen molar-refractivity contribution in [3.63, 3.8) is 0 Å². The molecule has 0 radical (unpaired) electrons. The Hall–Kier alpha value is -0.820. The Bertz CT molecular complexity index is 300. The van der Waals surface area contributed by atoms with Gasteiger partial charge in [-0.1, -0.05) is 0 Å². The summed E-state index contributed by atoms with van der Waals surface area (Å²) in [5.41, 5.74) is -2.48. The SMILES string of the molecule is CN1CCC(C2(C(F)(F)F)NCCO2)C1=O. The Labute approximate surface area is 90.7 Å². The number of nitrogens with zero attached hydrogens (tertiary/aromatic N) is 1. The van der Waals surface area contributed by atoms with Gasteiger partial charge in [-0.15, -0.1) is 0 Å². The van der Waals surface area contributed by atoms with Crippen LogP contribution in [0.3, 0.4) is 0 Å². The van der Waals surface area contributed by atoms with E-state index in [1.807, 2.05) is 0 Å². The monoisotopic (exact) mass is 238 g/mol. The number of ether oxygens (including phenoxy) is 1. The molecule has 2 fully saturated rings. The first-order valence-corrected chi connectivity index (χ1v) is 5.09. The topological polar surface area (TPSA) is 41.6 Å². The van der Waals surface area contributed by atoms with Crippen molar-refractivity contribution in [3.05, 3.63) is 0 Å². The zero-order valence-corrected chi connectivity index (χ0v) is 8.80. The van der Waals surface area contributed by atoms with E-state index in [9.17, 15) is 18.0 Å². The number of alkyl halides is 3.